The lowest BCUT2D eigenvalue weighted by Gasteiger charge is -2.31. The lowest BCUT2D eigenvalue weighted by molar-refractivity contribution is 0.431. The number of aromatic nitrogens is 3. The molecule has 2 aromatic carbocycles. The fraction of sp³-hybridized carbons (Fsp3) is 0.176. The van der Waals surface area contributed by atoms with Crippen LogP contribution in [0.15, 0.2) is 57.5 Å². The van der Waals surface area contributed by atoms with Crippen LogP contribution in [-0.2, 0) is 0 Å². The minimum Gasteiger partial charge on any atom is -0.366 e. The zero-order valence-corrected chi connectivity index (χ0v) is 15.8. The number of hydrogen-bond donors (Lipinski definition) is 2. The van der Waals surface area contributed by atoms with Gasteiger partial charge in [0.2, 0.25) is 11.9 Å². The first-order valence-electron chi connectivity index (χ1n) is 7.59. The fourth-order valence-electron chi connectivity index (χ4n) is 3.10. The standard InChI is InChI=1S/C17H15Br2N5/c18-12-6-4-10(5-7-12)14-9-15(11-2-1-3-13(19)8-11)24-17(21-14)22-16(20)23-24/h1-8,14-15H,9H2,(H3,20,21,22,23). The molecule has 0 fully saturated rings. The Kier molecular flexibility index (Phi) is 4.05. The van der Waals surface area contributed by atoms with E-state index in [1.54, 1.807) is 0 Å². The third-order valence-corrected chi connectivity index (χ3v) is 5.23. The number of hydrogen-bond acceptors (Lipinski definition) is 4. The Balaban J connectivity index is 1.76. The molecule has 0 saturated heterocycles. The predicted octanol–water partition coefficient (Wildman–Crippen LogP) is 4.53. The summed E-state index contributed by atoms with van der Waals surface area (Å²) in [7, 11) is 0. The molecule has 1 aliphatic heterocycles. The second-order valence-corrected chi connectivity index (χ2v) is 7.62. The van der Waals surface area contributed by atoms with Crippen molar-refractivity contribution in [2.45, 2.75) is 18.5 Å². The first-order valence-corrected chi connectivity index (χ1v) is 9.18. The Bertz CT molecular complexity index is 875. The van der Waals surface area contributed by atoms with Crippen LogP contribution in [0.1, 0.15) is 29.6 Å². The molecular formula is C17H15Br2N5. The maximum atomic E-state index is 5.83. The van der Waals surface area contributed by atoms with Gasteiger partial charge in [-0.15, -0.1) is 5.10 Å². The predicted molar refractivity (Wildman–Crippen MR) is 102 cm³/mol. The van der Waals surface area contributed by atoms with Crippen molar-refractivity contribution in [3.63, 3.8) is 0 Å². The largest absolute Gasteiger partial charge is 0.366 e. The molecule has 0 amide bonds. The molecule has 0 bridgehead atoms. The SMILES string of the molecule is Nc1nc2n(n1)C(c1cccc(Br)c1)CC(c1ccc(Br)cc1)N2. The van der Waals surface area contributed by atoms with Crippen LogP contribution in [0.5, 0.6) is 0 Å². The van der Waals surface area contributed by atoms with Gasteiger partial charge < -0.3 is 11.1 Å². The molecule has 0 saturated carbocycles. The highest BCUT2D eigenvalue weighted by Crippen LogP contribution is 2.38. The van der Waals surface area contributed by atoms with Gasteiger partial charge in [0.15, 0.2) is 0 Å². The van der Waals surface area contributed by atoms with E-state index < -0.39 is 0 Å². The monoisotopic (exact) mass is 447 g/mol. The third kappa shape index (κ3) is 2.93. The summed E-state index contributed by atoms with van der Waals surface area (Å²) in [5.74, 6) is 0.991. The van der Waals surface area contributed by atoms with Gasteiger partial charge in [-0.3, -0.25) is 0 Å². The number of benzene rings is 2. The van der Waals surface area contributed by atoms with E-state index in [1.165, 1.54) is 11.1 Å². The van der Waals surface area contributed by atoms with Gasteiger partial charge >= 0.3 is 0 Å². The molecule has 3 aromatic rings. The Morgan fingerprint density at radius 1 is 1.04 bits per heavy atom. The molecule has 122 valence electrons. The van der Waals surface area contributed by atoms with Gasteiger partial charge in [0.25, 0.3) is 0 Å². The molecule has 4 rings (SSSR count). The average Bonchev–Trinajstić information content (AvgIpc) is 2.94. The van der Waals surface area contributed by atoms with E-state index in [0.717, 1.165) is 15.4 Å². The smallest absolute Gasteiger partial charge is 0.241 e. The normalized spacial score (nSPS) is 19.6. The lowest BCUT2D eigenvalue weighted by atomic mass is 9.93. The molecular weight excluding hydrogens is 434 g/mol. The second kappa shape index (κ2) is 6.22. The number of halogens is 2. The van der Waals surface area contributed by atoms with Crippen molar-refractivity contribution in [1.82, 2.24) is 14.8 Å². The molecule has 2 heterocycles. The van der Waals surface area contributed by atoms with Crippen molar-refractivity contribution in [3.8, 4) is 0 Å². The van der Waals surface area contributed by atoms with Crippen molar-refractivity contribution in [2.24, 2.45) is 0 Å². The van der Waals surface area contributed by atoms with Gasteiger partial charge in [-0.1, -0.05) is 56.1 Å². The lowest BCUT2D eigenvalue weighted by Crippen LogP contribution is -2.28. The highest BCUT2D eigenvalue weighted by Gasteiger charge is 2.30. The van der Waals surface area contributed by atoms with E-state index in [0.29, 0.717) is 5.95 Å². The van der Waals surface area contributed by atoms with Gasteiger partial charge in [0.1, 0.15) is 0 Å². The van der Waals surface area contributed by atoms with Gasteiger partial charge in [0, 0.05) is 8.95 Å². The highest BCUT2D eigenvalue weighted by molar-refractivity contribution is 9.10. The number of rotatable bonds is 2. The van der Waals surface area contributed by atoms with E-state index in [4.69, 9.17) is 5.73 Å². The van der Waals surface area contributed by atoms with Crippen LogP contribution in [0.25, 0.3) is 0 Å². The number of nitrogens with two attached hydrogens (primary N) is 1. The van der Waals surface area contributed by atoms with Crippen molar-refractivity contribution in [1.29, 1.82) is 0 Å². The summed E-state index contributed by atoms with van der Waals surface area (Å²) >= 11 is 7.04. The summed E-state index contributed by atoms with van der Waals surface area (Å²) < 4.78 is 4.00. The fourth-order valence-corrected chi connectivity index (χ4v) is 3.78. The van der Waals surface area contributed by atoms with E-state index in [9.17, 15) is 0 Å². The maximum Gasteiger partial charge on any atom is 0.241 e. The number of nitrogen functional groups attached to an aromatic ring is 1. The summed E-state index contributed by atoms with van der Waals surface area (Å²) in [6, 6.07) is 16.9. The summed E-state index contributed by atoms with van der Waals surface area (Å²) in [5.41, 5.74) is 8.23. The zero-order chi connectivity index (χ0) is 16.7. The van der Waals surface area contributed by atoms with Crippen LogP contribution in [0, 0.1) is 0 Å². The van der Waals surface area contributed by atoms with Gasteiger partial charge in [-0.25, -0.2) is 4.68 Å². The summed E-state index contributed by atoms with van der Waals surface area (Å²) in [5, 5.41) is 7.83. The Labute approximate surface area is 156 Å². The number of nitrogens with one attached hydrogen (secondary N) is 1. The van der Waals surface area contributed by atoms with Crippen LogP contribution in [0.4, 0.5) is 11.9 Å². The van der Waals surface area contributed by atoms with E-state index in [2.05, 4.69) is 83.7 Å². The van der Waals surface area contributed by atoms with Crippen LogP contribution < -0.4 is 11.1 Å². The molecule has 0 radical (unpaired) electrons. The van der Waals surface area contributed by atoms with Crippen molar-refractivity contribution >= 4 is 43.8 Å². The molecule has 5 nitrogen and oxygen atoms in total. The summed E-state index contributed by atoms with van der Waals surface area (Å²) in [6.45, 7) is 0. The minimum absolute atomic E-state index is 0.0807. The van der Waals surface area contributed by atoms with Crippen molar-refractivity contribution in [2.75, 3.05) is 11.1 Å². The van der Waals surface area contributed by atoms with Gasteiger partial charge in [0.05, 0.1) is 12.1 Å². The van der Waals surface area contributed by atoms with Crippen LogP contribution in [0.3, 0.4) is 0 Å². The molecule has 1 aliphatic rings. The van der Waals surface area contributed by atoms with Crippen LogP contribution in [0.2, 0.25) is 0 Å². The molecule has 0 spiro atoms. The first kappa shape index (κ1) is 15.7. The van der Waals surface area contributed by atoms with E-state index >= 15 is 0 Å². The molecule has 1 aromatic heterocycles. The zero-order valence-electron chi connectivity index (χ0n) is 12.7. The molecule has 2 unspecified atom stereocenters. The highest BCUT2D eigenvalue weighted by atomic mass is 79.9. The second-order valence-electron chi connectivity index (χ2n) is 5.79. The quantitative estimate of drug-likeness (QED) is 0.604. The Morgan fingerprint density at radius 2 is 1.83 bits per heavy atom. The summed E-state index contributed by atoms with van der Waals surface area (Å²) in [4.78, 5) is 4.34. The topological polar surface area (TPSA) is 68.8 Å². The van der Waals surface area contributed by atoms with E-state index in [1.807, 2.05) is 16.8 Å². The maximum absolute atomic E-state index is 5.83. The molecule has 0 aliphatic carbocycles. The van der Waals surface area contributed by atoms with Gasteiger partial charge in [-0.05, 0) is 41.8 Å². The first-order chi connectivity index (χ1) is 11.6. The Morgan fingerprint density at radius 3 is 2.58 bits per heavy atom. The molecule has 7 heteroatoms. The van der Waals surface area contributed by atoms with Crippen LogP contribution >= 0.6 is 31.9 Å². The molecule has 3 N–H and O–H groups in total. The number of anilines is 2. The number of nitrogens with zero attached hydrogens (tertiary/aromatic N) is 3. The molecule has 2 atom stereocenters. The van der Waals surface area contributed by atoms with Crippen LogP contribution in [-0.4, -0.2) is 14.8 Å². The summed E-state index contributed by atoms with van der Waals surface area (Å²) in [6.07, 6.45) is 0.869. The minimum atomic E-state index is 0.0807. The third-order valence-electron chi connectivity index (χ3n) is 4.21. The van der Waals surface area contributed by atoms with E-state index in [-0.39, 0.29) is 18.0 Å². The average molecular weight is 449 g/mol. The Hall–Kier alpha value is -1.86. The number of fused-ring (bicyclic) bond motifs is 1. The van der Waals surface area contributed by atoms with Gasteiger partial charge in [-0.2, -0.15) is 4.98 Å². The molecule has 24 heavy (non-hydrogen) atoms. The van der Waals surface area contributed by atoms with Crippen molar-refractivity contribution < 1.29 is 0 Å². The van der Waals surface area contributed by atoms with Crippen molar-refractivity contribution in [3.05, 3.63) is 68.6 Å².